The average Bonchev–Trinajstić information content (AvgIpc) is 2.89. The molecule has 1 fully saturated rings. The number of aromatic nitrogens is 2. The minimum absolute atomic E-state index is 0.0281. The summed E-state index contributed by atoms with van der Waals surface area (Å²) in [5.74, 6) is -0.288. The predicted octanol–water partition coefficient (Wildman–Crippen LogP) is 0.697. The maximum absolute atomic E-state index is 12.4. The number of amides is 1. The van der Waals surface area contributed by atoms with Gasteiger partial charge in [0.2, 0.25) is 5.91 Å². The fraction of sp³-hybridized carbons (Fsp3) is 0.692. The van der Waals surface area contributed by atoms with Crippen molar-refractivity contribution < 1.29 is 13.2 Å². The van der Waals surface area contributed by atoms with Gasteiger partial charge in [-0.2, -0.15) is 5.10 Å². The Bertz CT molecular complexity index is 553. The molecule has 2 heterocycles. The van der Waals surface area contributed by atoms with Crippen LogP contribution in [-0.2, 0) is 21.2 Å². The van der Waals surface area contributed by atoms with Crippen LogP contribution in [0.4, 0.5) is 0 Å². The standard InChI is InChI=1S/C13H21N3O3S/c1-11(20(2,18)19)13(17)16-9-4-3-6-12(16)10-15-8-5-7-14-15/h5,7-8,11-12H,3-4,6,9-10H2,1-2H3/t11-,12+/m1/s1. The number of nitrogens with zero attached hydrogens (tertiary/aromatic N) is 3. The van der Waals surface area contributed by atoms with Crippen molar-refractivity contribution >= 4 is 15.7 Å². The molecule has 7 heteroatoms. The number of sulfone groups is 1. The van der Waals surface area contributed by atoms with E-state index in [9.17, 15) is 13.2 Å². The van der Waals surface area contributed by atoms with Gasteiger partial charge in [0.1, 0.15) is 5.25 Å². The fourth-order valence-electron chi connectivity index (χ4n) is 2.52. The van der Waals surface area contributed by atoms with E-state index in [1.54, 1.807) is 15.8 Å². The van der Waals surface area contributed by atoms with E-state index in [0.717, 1.165) is 25.5 Å². The van der Waals surface area contributed by atoms with Crippen molar-refractivity contribution in [2.24, 2.45) is 0 Å². The molecule has 0 radical (unpaired) electrons. The molecule has 2 rings (SSSR count). The number of carbonyl (C=O) groups excluding carboxylic acids is 1. The third kappa shape index (κ3) is 3.39. The van der Waals surface area contributed by atoms with E-state index >= 15 is 0 Å². The van der Waals surface area contributed by atoms with E-state index in [2.05, 4.69) is 5.10 Å². The normalized spacial score (nSPS) is 21.7. The molecule has 0 unspecified atom stereocenters. The van der Waals surface area contributed by atoms with E-state index < -0.39 is 15.1 Å². The summed E-state index contributed by atoms with van der Waals surface area (Å²) in [7, 11) is -3.35. The van der Waals surface area contributed by atoms with Gasteiger partial charge in [0.15, 0.2) is 9.84 Å². The summed E-state index contributed by atoms with van der Waals surface area (Å²) < 4.78 is 24.9. The van der Waals surface area contributed by atoms with Gasteiger partial charge in [-0.15, -0.1) is 0 Å². The molecule has 0 saturated carbocycles. The Balaban J connectivity index is 2.12. The summed E-state index contributed by atoms with van der Waals surface area (Å²) in [5, 5.41) is 3.19. The van der Waals surface area contributed by atoms with Gasteiger partial charge in [-0.25, -0.2) is 8.42 Å². The number of piperidine rings is 1. The van der Waals surface area contributed by atoms with Gasteiger partial charge in [-0.3, -0.25) is 9.48 Å². The summed E-state index contributed by atoms with van der Waals surface area (Å²) in [4.78, 5) is 14.1. The molecule has 2 atom stereocenters. The maximum Gasteiger partial charge on any atom is 0.240 e. The first kappa shape index (κ1) is 15.0. The van der Waals surface area contributed by atoms with Crippen LogP contribution in [0.3, 0.4) is 0 Å². The Hall–Kier alpha value is -1.37. The monoisotopic (exact) mass is 299 g/mol. The van der Waals surface area contributed by atoms with Gasteiger partial charge in [-0.05, 0) is 32.3 Å². The van der Waals surface area contributed by atoms with Crippen molar-refractivity contribution in [3.8, 4) is 0 Å². The molecule has 6 nitrogen and oxygen atoms in total. The van der Waals surface area contributed by atoms with Crippen LogP contribution in [0.15, 0.2) is 18.5 Å². The molecule has 1 amide bonds. The number of rotatable bonds is 4. The molecule has 0 aromatic carbocycles. The smallest absolute Gasteiger partial charge is 0.240 e. The highest BCUT2D eigenvalue weighted by molar-refractivity contribution is 7.92. The Morgan fingerprint density at radius 1 is 1.45 bits per heavy atom. The van der Waals surface area contributed by atoms with E-state index in [-0.39, 0.29) is 11.9 Å². The van der Waals surface area contributed by atoms with Crippen LogP contribution in [-0.4, -0.2) is 53.1 Å². The van der Waals surface area contributed by atoms with Gasteiger partial charge < -0.3 is 4.90 Å². The van der Waals surface area contributed by atoms with E-state index in [4.69, 9.17) is 0 Å². The van der Waals surface area contributed by atoms with Crippen LogP contribution < -0.4 is 0 Å². The highest BCUT2D eigenvalue weighted by Crippen LogP contribution is 2.20. The summed E-state index contributed by atoms with van der Waals surface area (Å²) in [5.41, 5.74) is 0. The molecular formula is C13H21N3O3S. The SMILES string of the molecule is C[C@H](C(=O)N1CCCC[C@H]1Cn1cccn1)S(C)(=O)=O. The number of likely N-dealkylation sites (tertiary alicyclic amines) is 1. The first-order valence-electron chi connectivity index (χ1n) is 6.86. The fourth-order valence-corrected chi connectivity index (χ4v) is 3.02. The zero-order valence-electron chi connectivity index (χ0n) is 11.9. The summed E-state index contributed by atoms with van der Waals surface area (Å²) in [6, 6.07) is 1.87. The summed E-state index contributed by atoms with van der Waals surface area (Å²) in [6.07, 6.45) is 7.55. The van der Waals surface area contributed by atoms with Crippen molar-refractivity contribution in [1.29, 1.82) is 0 Å². The van der Waals surface area contributed by atoms with Crippen LogP contribution in [0.25, 0.3) is 0 Å². The number of carbonyl (C=O) groups is 1. The predicted molar refractivity (Wildman–Crippen MR) is 75.9 cm³/mol. The second-order valence-corrected chi connectivity index (χ2v) is 7.75. The van der Waals surface area contributed by atoms with Gasteiger partial charge in [-0.1, -0.05) is 0 Å². The van der Waals surface area contributed by atoms with Gasteiger partial charge in [0.25, 0.3) is 0 Å². The molecule has 0 spiro atoms. The summed E-state index contributed by atoms with van der Waals surface area (Å²) >= 11 is 0. The molecule has 20 heavy (non-hydrogen) atoms. The first-order chi connectivity index (χ1) is 9.39. The number of hydrogen-bond donors (Lipinski definition) is 0. The molecule has 112 valence electrons. The summed E-state index contributed by atoms with van der Waals surface area (Å²) in [6.45, 7) is 2.72. The lowest BCUT2D eigenvalue weighted by Gasteiger charge is -2.37. The van der Waals surface area contributed by atoms with Crippen LogP contribution in [0.1, 0.15) is 26.2 Å². The quantitative estimate of drug-likeness (QED) is 0.820. The first-order valence-corrected chi connectivity index (χ1v) is 8.82. The molecule has 1 aliphatic rings. The second-order valence-electron chi connectivity index (χ2n) is 5.38. The Morgan fingerprint density at radius 3 is 2.80 bits per heavy atom. The van der Waals surface area contributed by atoms with Crippen LogP contribution in [0.2, 0.25) is 0 Å². The largest absolute Gasteiger partial charge is 0.337 e. The minimum Gasteiger partial charge on any atom is -0.337 e. The Labute approximate surface area is 119 Å². The zero-order chi connectivity index (χ0) is 14.8. The average molecular weight is 299 g/mol. The zero-order valence-corrected chi connectivity index (χ0v) is 12.7. The molecule has 1 aromatic heterocycles. The van der Waals surface area contributed by atoms with E-state index in [1.165, 1.54) is 6.92 Å². The molecule has 0 N–H and O–H groups in total. The lowest BCUT2D eigenvalue weighted by molar-refractivity contribution is -0.134. The van der Waals surface area contributed by atoms with Crippen molar-refractivity contribution in [2.75, 3.05) is 12.8 Å². The molecule has 0 bridgehead atoms. The molecular weight excluding hydrogens is 278 g/mol. The van der Waals surface area contributed by atoms with Crippen LogP contribution in [0, 0.1) is 0 Å². The molecule has 0 aliphatic carbocycles. The third-order valence-electron chi connectivity index (χ3n) is 3.86. The lowest BCUT2D eigenvalue weighted by Crippen LogP contribution is -2.50. The minimum atomic E-state index is -3.35. The van der Waals surface area contributed by atoms with Crippen molar-refractivity contribution in [1.82, 2.24) is 14.7 Å². The van der Waals surface area contributed by atoms with Crippen molar-refractivity contribution in [3.05, 3.63) is 18.5 Å². The highest BCUT2D eigenvalue weighted by Gasteiger charge is 2.33. The van der Waals surface area contributed by atoms with Gasteiger partial charge in [0, 0.05) is 25.2 Å². The van der Waals surface area contributed by atoms with E-state index in [0.29, 0.717) is 13.1 Å². The van der Waals surface area contributed by atoms with E-state index in [1.807, 2.05) is 12.3 Å². The highest BCUT2D eigenvalue weighted by atomic mass is 32.2. The molecule has 1 saturated heterocycles. The van der Waals surface area contributed by atoms with Gasteiger partial charge >= 0.3 is 0 Å². The molecule has 1 aromatic rings. The van der Waals surface area contributed by atoms with Gasteiger partial charge in [0.05, 0.1) is 12.6 Å². The Kier molecular flexibility index (Phi) is 4.47. The molecule has 1 aliphatic heterocycles. The number of hydrogen-bond acceptors (Lipinski definition) is 4. The second kappa shape index (κ2) is 5.95. The Morgan fingerprint density at radius 2 is 2.20 bits per heavy atom. The topological polar surface area (TPSA) is 72.3 Å². The van der Waals surface area contributed by atoms with Crippen LogP contribution >= 0.6 is 0 Å². The lowest BCUT2D eigenvalue weighted by atomic mass is 10.0. The van der Waals surface area contributed by atoms with Crippen molar-refractivity contribution in [2.45, 2.75) is 44.0 Å². The van der Waals surface area contributed by atoms with Crippen LogP contribution in [0.5, 0.6) is 0 Å². The maximum atomic E-state index is 12.4. The third-order valence-corrected chi connectivity index (χ3v) is 5.34. The van der Waals surface area contributed by atoms with Crippen molar-refractivity contribution in [3.63, 3.8) is 0 Å².